The van der Waals surface area contributed by atoms with Crippen molar-refractivity contribution in [2.45, 2.75) is 69.0 Å². The van der Waals surface area contributed by atoms with E-state index in [1.165, 1.54) is 59.5 Å². The molecule has 8 nitrogen and oxygen atoms in total. The van der Waals surface area contributed by atoms with E-state index >= 15 is 4.39 Å². The third kappa shape index (κ3) is 9.23. The van der Waals surface area contributed by atoms with Gasteiger partial charge in [-0.3, -0.25) is 13.9 Å². The number of rotatable bonds is 14. The normalized spacial score (nSPS) is 14.1. The smallest absolute Gasteiger partial charge is 0.264 e. The summed E-state index contributed by atoms with van der Waals surface area (Å²) in [6.45, 7) is 1.16. The Morgan fingerprint density at radius 3 is 2.16 bits per heavy atom. The summed E-state index contributed by atoms with van der Waals surface area (Å²) in [4.78, 5) is 29.9. The van der Waals surface area contributed by atoms with Crippen LogP contribution in [0.15, 0.2) is 108 Å². The zero-order chi connectivity index (χ0) is 34.8. The van der Waals surface area contributed by atoms with Gasteiger partial charge in [0.15, 0.2) is 0 Å². The van der Waals surface area contributed by atoms with Crippen molar-refractivity contribution in [1.82, 2.24) is 10.2 Å². The molecule has 0 saturated heterocycles. The summed E-state index contributed by atoms with van der Waals surface area (Å²) >= 11 is 0. The second kappa shape index (κ2) is 16.6. The predicted molar refractivity (Wildman–Crippen MR) is 184 cm³/mol. The monoisotopic (exact) mass is 689 g/mol. The molecule has 258 valence electrons. The fraction of sp³-hybridized carbons (Fsp3) is 0.316. The first-order valence-corrected chi connectivity index (χ1v) is 18.0. The minimum atomic E-state index is -4.40. The summed E-state index contributed by atoms with van der Waals surface area (Å²) in [6, 6.07) is 24.5. The number of nitrogens with zero attached hydrogens (tertiary/aromatic N) is 2. The van der Waals surface area contributed by atoms with Gasteiger partial charge in [-0.1, -0.05) is 67.8 Å². The number of carbonyl (C=O) groups is 2. The van der Waals surface area contributed by atoms with Gasteiger partial charge < -0.3 is 15.0 Å². The van der Waals surface area contributed by atoms with Gasteiger partial charge in [0.05, 0.1) is 17.2 Å². The minimum absolute atomic E-state index is 0.0424. The molecular weight excluding hydrogens is 648 g/mol. The van der Waals surface area contributed by atoms with Gasteiger partial charge in [0.25, 0.3) is 10.0 Å². The molecule has 4 aromatic rings. The molecule has 2 amide bonds. The second-order valence-corrected chi connectivity index (χ2v) is 13.9. The fourth-order valence-electron chi connectivity index (χ4n) is 6.05. The maximum atomic E-state index is 15.2. The van der Waals surface area contributed by atoms with E-state index in [0.717, 1.165) is 54.1 Å². The van der Waals surface area contributed by atoms with E-state index in [1.807, 2.05) is 30.3 Å². The summed E-state index contributed by atoms with van der Waals surface area (Å²) < 4.78 is 63.9. The van der Waals surface area contributed by atoms with E-state index in [4.69, 9.17) is 4.74 Å². The number of sulfonamides is 1. The molecule has 0 heterocycles. The standard InChI is InChI=1S/C38H41F2N3O5S/c1-2-48-33-21-23-34(24-22-33)49(46,47)43(32-19-17-30(39)18-20-32)27-37(44)42(26-29-13-9-10-16-35(29)40)36(25-28-11-5-3-6-12-28)38(45)41-31-14-7-4-8-15-31/h3,5-6,9-13,16-24,31,36H,2,4,7-8,14-15,25-27H2,1H3,(H,41,45)/t36-/m0/s1. The molecular formula is C38H41F2N3O5S. The molecule has 1 atom stereocenters. The Labute approximate surface area is 286 Å². The van der Waals surface area contributed by atoms with Gasteiger partial charge in [-0.25, -0.2) is 17.2 Å². The molecule has 49 heavy (non-hydrogen) atoms. The van der Waals surface area contributed by atoms with E-state index < -0.39 is 46.1 Å². The number of hydrogen-bond donors (Lipinski definition) is 1. The lowest BCUT2D eigenvalue weighted by Gasteiger charge is -2.35. The molecule has 1 aliphatic rings. The van der Waals surface area contributed by atoms with Crippen LogP contribution in [0.2, 0.25) is 0 Å². The molecule has 0 radical (unpaired) electrons. The predicted octanol–water partition coefficient (Wildman–Crippen LogP) is 6.65. The molecule has 0 unspecified atom stereocenters. The lowest BCUT2D eigenvalue weighted by molar-refractivity contribution is -0.140. The molecule has 11 heteroatoms. The topological polar surface area (TPSA) is 96.0 Å². The Kier molecular flexibility index (Phi) is 12.0. The lowest BCUT2D eigenvalue weighted by atomic mass is 9.94. The Bertz CT molecular complexity index is 1800. The molecule has 1 aliphatic carbocycles. The van der Waals surface area contributed by atoms with Crippen LogP contribution in [-0.2, 0) is 32.6 Å². The largest absolute Gasteiger partial charge is 0.494 e. The van der Waals surface area contributed by atoms with Crippen molar-refractivity contribution in [3.63, 3.8) is 0 Å². The zero-order valence-electron chi connectivity index (χ0n) is 27.4. The quantitative estimate of drug-likeness (QED) is 0.160. The van der Waals surface area contributed by atoms with Crippen molar-refractivity contribution >= 4 is 27.5 Å². The number of carbonyl (C=O) groups excluding carboxylic acids is 2. The van der Waals surface area contributed by atoms with Crippen molar-refractivity contribution in [3.05, 3.63) is 126 Å². The van der Waals surface area contributed by atoms with Gasteiger partial charge in [-0.15, -0.1) is 0 Å². The number of benzene rings is 4. The highest BCUT2D eigenvalue weighted by molar-refractivity contribution is 7.92. The minimum Gasteiger partial charge on any atom is -0.494 e. The molecule has 1 fully saturated rings. The van der Waals surface area contributed by atoms with Gasteiger partial charge in [0.2, 0.25) is 11.8 Å². The summed E-state index contributed by atoms with van der Waals surface area (Å²) in [5.41, 5.74) is 0.984. The maximum absolute atomic E-state index is 15.2. The highest BCUT2D eigenvalue weighted by Crippen LogP contribution is 2.27. The van der Waals surface area contributed by atoms with Crippen LogP contribution in [-0.4, -0.2) is 50.4 Å². The zero-order valence-corrected chi connectivity index (χ0v) is 28.2. The van der Waals surface area contributed by atoms with Crippen LogP contribution in [0, 0.1) is 11.6 Å². The molecule has 0 aromatic heterocycles. The summed E-state index contributed by atoms with van der Waals surface area (Å²) in [5.74, 6) is -1.82. The maximum Gasteiger partial charge on any atom is 0.264 e. The third-order valence-corrected chi connectivity index (χ3v) is 10.4. The number of amides is 2. The van der Waals surface area contributed by atoms with Crippen molar-refractivity contribution in [1.29, 1.82) is 0 Å². The van der Waals surface area contributed by atoms with Crippen molar-refractivity contribution in [2.24, 2.45) is 0 Å². The molecule has 4 aromatic carbocycles. The van der Waals surface area contributed by atoms with E-state index in [9.17, 15) is 22.4 Å². The summed E-state index contributed by atoms with van der Waals surface area (Å²) in [7, 11) is -4.40. The second-order valence-electron chi connectivity index (χ2n) is 12.1. The van der Waals surface area contributed by atoms with Gasteiger partial charge in [-0.05, 0) is 79.9 Å². The Balaban J connectivity index is 1.56. The number of hydrogen-bond acceptors (Lipinski definition) is 5. The van der Waals surface area contributed by atoms with Gasteiger partial charge in [-0.2, -0.15) is 0 Å². The van der Waals surface area contributed by atoms with Crippen LogP contribution in [0.25, 0.3) is 0 Å². The molecule has 5 rings (SSSR count). The first kappa shape index (κ1) is 35.5. The van der Waals surface area contributed by atoms with Crippen LogP contribution in [0.5, 0.6) is 5.75 Å². The van der Waals surface area contributed by atoms with E-state index in [1.54, 1.807) is 13.0 Å². The summed E-state index contributed by atoms with van der Waals surface area (Å²) in [5, 5.41) is 3.13. The van der Waals surface area contributed by atoms with Crippen molar-refractivity contribution in [2.75, 3.05) is 17.5 Å². The third-order valence-electron chi connectivity index (χ3n) is 8.64. The molecule has 1 N–H and O–H groups in total. The van der Waals surface area contributed by atoms with Crippen LogP contribution >= 0.6 is 0 Å². The Hall–Kier alpha value is -4.77. The van der Waals surface area contributed by atoms with Crippen molar-refractivity contribution in [3.8, 4) is 5.75 Å². The number of ether oxygens (including phenoxy) is 1. The number of anilines is 1. The average Bonchev–Trinajstić information content (AvgIpc) is 3.11. The Morgan fingerprint density at radius 2 is 1.51 bits per heavy atom. The highest BCUT2D eigenvalue weighted by Gasteiger charge is 2.36. The highest BCUT2D eigenvalue weighted by atomic mass is 32.2. The van der Waals surface area contributed by atoms with Crippen LogP contribution in [0.4, 0.5) is 14.5 Å². The molecule has 0 bridgehead atoms. The van der Waals surface area contributed by atoms with Gasteiger partial charge in [0.1, 0.15) is 30.0 Å². The first-order chi connectivity index (χ1) is 23.7. The van der Waals surface area contributed by atoms with E-state index in [-0.39, 0.29) is 35.2 Å². The van der Waals surface area contributed by atoms with Gasteiger partial charge >= 0.3 is 0 Å². The molecule has 1 saturated carbocycles. The number of nitrogens with one attached hydrogen (secondary N) is 1. The van der Waals surface area contributed by atoms with Crippen molar-refractivity contribution < 1.29 is 31.5 Å². The van der Waals surface area contributed by atoms with E-state index in [0.29, 0.717) is 12.4 Å². The molecule has 0 spiro atoms. The SMILES string of the molecule is CCOc1ccc(S(=O)(=O)N(CC(=O)N(Cc2ccccc2F)[C@@H](Cc2ccccc2)C(=O)NC2CCCCC2)c2ccc(F)cc2)cc1. The Morgan fingerprint density at radius 1 is 0.857 bits per heavy atom. The lowest BCUT2D eigenvalue weighted by Crippen LogP contribution is -2.55. The van der Waals surface area contributed by atoms with Gasteiger partial charge in [0, 0.05) is 24.6 Å². The average molecular weight is 690 g/mol. The molecule has 0 aliphatic heterocycles. The fourth-order valence-corrected chi connectivity index (χ4v) is 7.46. The first-order valence-electron chi connectivity index (χ1n) is 16.5. The van der Waals surface area contributed by atoms with Crippen LogP contribution < -0.4 is 14.4 Å². The van der Waals surface area contributed by atoms with Crippen LogP contribution in [0.3, 0.4) is 0 Å². The summed E-state index contributed by atoms with van der Waals surface area (Å²) in [6.07, 6.45) is 4.76. The van der Waals surface area contributed by atoms with Crippen LogP contribution in [0.1, 0.15) is 50.2 Å². The van der Waals surface area contributed by atoms with E-state index in [2.05, 4.69) is 5.32 Å². The number of halogens is 2.